The van der Waals surface area contributed by atoms with Crippen molar-refractivity contribution in [2.75, 3.05) is 48.1 Å². The van der Waals surface area contributed by atoms with Crippen LogP contribution in [0, 0.1) is 0 Å². The van der Waals surface area contributed by atoms with Gasteiger partial charge in [0.05, 0.1) is 34.4 Å². The molecule has 0 aromatic carbocycles. The Morgan fingerprint density at radius 1 is 0.737 bits per heavy atom. The lowest BCUT2D eigenvalue weighted by molar-refractivity contribution is -0.883. The van der Waals surface area contributed by atoms with Crippen molar-refractivity contribution < 1.29 is 27.9 Å². The summed E-state index contributed by atoms with van der Waals surface area (Å²) in [6.07, 6.45) is 26.9. The molecule has 0 aliphatic rings. The highest BCUT2D eigenvalue weighted by Gasteiger charge is 2.42. The number of quaternary nitrogens is 1. The van der Waals surface area contributed by atoms with Crippen LogP contribution in [0.1, 0.15) is 129 Å². The molecular weight excluding hydrogens is 497 g/mol. The van der Waals surface area contributed by atoms with Gasteiger partial charge in [-0.2, -0.15) is 0 Å². The number of methoxy groups -OCH3 is 1. The monoisotopic (exact) mass is 562 g/mol. The van der Waals surface area contributed by atoms with E-state index >= 15 is 0 Å². The molecule has 38 heavy (non-hydrogen) atoms. The molecule has 1 N–H and O–H groups in total. The van der Waals surface area contributed by atoms with Crippen LogP contribution in [0.15, 0.2) is 12.2 Å². The Labute approximate surface area is 237 Å². The van der Waals surface area contributed by atoms with Crippen LogP contribution >= 0.6 is 7.60 Å². The van der Waals surface area contributed by atoms with Crippen LogP contribution in [0.2, 0.25) is 0 Å². The van der Waals surface area contributed by atoms with E-state index in [0.29, 0.717) is 24.1 Å². The summed E-state index contributed by atoms with van der Waals surface area (Å²) in [6.45, 7) is 5.44. The smallest absolute Gasteiger partial charge is 0.379 e. The maximum absolute atomic E-state index is 12.8. The molecule has 0 amide bonds. The molecule has 6 nitrogen and oxygen atoms in total. The Morgan fingerprint density at radius 2 is 1.24 bits per heavy atom. The van der Waals surface area contributed by atoms with Gasteiger partial charge in [0.25, 0.3) is 0 Å². The third-order valence-electron chi connectivity index (χ3n) is 7.20. The number of allylic oxidation sites excluding steroid dienone is 2. The molecule has 0 aromatic heterocycles. The maximum atomic E-state index is 12.8. The quantitative estimate of drug-likeness (QED) is 0.0446. The lowest BCUT2D eigenvalue weighted by Crippen LogP contribution is -2.45. The minimum absolute atomic E-state index is 0.0683. The summed E-state index contributed by atoms with van der Waals surface area (Å²) in [6, 6.07) is 0. The summed E-state index contributed by atoms with van der Waals surface area (Å²) in [5.41, 5.74) is 0. The summed E-state index contributed by atoms with van der Waals surface area (Å²) in [5, 5.41) is 0. The molecule has 7 heteroatoms. The van der Waals surface area contributed by atoms with Crippen molar-refractivity contribution in [1.82, 2.24) is 0 Å². The highest BCUT2D eigenvalue weighted by molar-refractivity contribution is 7.53. The molecule has 2 unspecified atom stereocenters. The molecule has 0 rings (SSSR count). The standard InChI is InChI=1S/C31H64NO5P/c1-7-9-10-11-12-13-14-15-16-17-18-19-20-21-22-23-24-25-27-36-28-30(35-6)29-37-38(33,34)31(26-8-2)32(3,4)5/h16-17,30-31H,7-15,18-29H2,1-6H3/p+1/b17-16-/t30-,31?/m1/s1. The predicted molar refractivity (Wildman–Crippen MR) is 163 cm³/mol. The Hall–Kier alpha value is -0.230. The third kappa shape index (κ3) is 21.6. The molecule has 0 heterocycles. The average molecular weight is 563 g/mol. The predicted octanol–water partition coefficient (Wildman–Crippen LogP) is 8.87. The summed E-state index contributed by atoms with van der Waals surface area (Å²) < 4.78 is 29.9. The molecular formula is C31H65NO5P+. The van der Waals surface area contributed by atoms with Gasteiger partial charge in [0.1, 0.15) is 6.10 Å². The fourth-order valence-electron chi connectivity index (χ4n) is 4.73. The van der Waals surface area contributed by atoms with Crippen molar-refractivity contribution in [3.63, 3.8) is 0 Å². The minimum atomic E-state index is -3.76. The number of rotatable bonds is 28. The van der Waals surface area contributed by atoms with Crippen LogP contribution in [0.3, 0.4) is 0 Å². The second-order valence-corrected chi connectivity index (χ2v) is 13.8. The fraction of sp³-hybridized carbons (Fsp3) is 0.935. The van der Waals surface area contributed by atoms with Crippen molar-refractivity contribution in [2.45, 2.75) is 141 Å². The molecule has 0 bridgehead atoms. The first kappa shape index (κ1) is 37.8. The number of ether oxygens (including phenoxy) is 2. The highest BCUT2D eigenvalue weighted by Crippen LogP contribution is 2.51. The van der Waals surface area contributed by atoms with Crippen molar-refractivity contribution in [3.05, 3.63) is 12.2 Å². The van der Waals surface area contributed by atoms with E-state index in [4.69, 9.17) is 14.0 Å². The van der Waals surface area contributed by atoms with Crippen LogP contribution in [-0.4, -0.2) is 69.3 Å². The largest absolute Gasteiger partial charge is 0.385 e. The van der Waals surface area contributed by atoms with E-state index in [-0.39, 0.29) is 12.7 Å². The van der Waals surface area contributed by atoms with E-state index in [0.717, 1.165) is 12.8 Å². The fourth-order valence-corrected chi connectivity index (χ4v) is 6.74. The topological polar surface area (TPSA) is 65.0 Å². The van der Waals surface area contributed by atoms with Gasteiger partial charge in [0.2, 0.25) is 0 Å². The Bertz CT molecular complexity index is 593. The molecule has 0 aliphatic heterocycles. The van der Waals surface area contributed by atoms with E-state index < -0.39 is 13.4 Å². The minimum Gasteiger partial charge on any atom is -0.379 e. The van der Waals surface area contributed by atoms with E-state index in [2.05, 4.69) is 19.1 Å². The lowest BCUT2D eigenvalue weighted by atomic mass is 10.1. The van der Waals surface area contributed by atoms with Crippen LogP contribution < -0.4 is 0 Å². The van der Waals surface area contributed by atoms with Crippen molar-refractivity contribution in [3.8, 4) is 0 Å². The van der Waals surface area contributed by atoms with Gasteiger partial charge in [-0.1, -0.05) is 96.6 Å². The number of unbranched alkanes of at least 4 members (excludes halogenated alkanes) is 14. The summed E-state index contributed by atoms with van der Waals surface area (Å²) in [7, 11) is 3.63. The zero-order valence-electron chi connectivity index (χ0n) is 26.1. The molecule has 0 spiro atoms. The second-order valence-electron chi connectivity index (χ2n) is 11.8. The van der Waals surface area contributed by atoms with E-state index in [9.17, 15) is 9.46 Å². The summed E-state index contributed by atoms with van der Waals surface area (Å²) in [5.74, 6) is -0.442. The van der Waals surface area contributed by atoms with Crippen molar-refractivity contribution in [1.29, 1.82) is 0 Å². The molecule has 0 radical (unpaired) electrons. The molecule has 0 saturated heterocycles. The summed E-state index contributed by atoms with van der Waals surface area (Å²) >= 11 is 0. The Kier molecular flexibility index (Phi) is 24.4. The molecule has 0 aromatic rings. The average Bonchev–Trinajstić information content (AvgIpc) is 2.87. The second kappa shape index (κ2) is 24.6. The Balaban J connectivity index is 3.69. The molecule has 0 aliphatic carbocycles. The first-order valence-corrected chi connectivity index (χ1v) is 17.4. The van der Waals surface area contributed by atoms with Gasteiger partial charge in [0.15, 0.2) is 5.78 Å². The normalized spacial score (nSPS) is 15.7. The van der Waals surface area contributed by atoms with E-state index in [1.165, 1.54) is 96.3 Å². The summed E-state index contributed by atoms with van der Waals surface area (Å²) in [4.78, 5) is 10.5. The number of hydrogen-bond acceptors (Lipinski definition) is 4. The lowest BCUT2D eigenvalue weighted by Gasteiger charge is -2.36. The maximum Gasteiger partial charge on any atom is 0.385 e. The van der Waals surface area contributed by atoms with Gasteiger partial charge >= 0.3 is 7.60 Å². The molecule has 3 atom stereocenters. The van der Waals surface area contributed by atoms with Crippen LogP contribution in [0.25, 0.3) is 0 Å². The zero-order chi connectivity index (χ0) is 28.5. The van der Waals surface area contributed by atoms with Crippen LogP contribution in [0.4, 0.5) is 0 Å². The van der Waals surface area contributed by atoms with Crippen molar-refractivity contribution >= 4 is 7.60 Å². The molecule has 0 saturated carbocycles. The highest BCUT2D eigenvalue weighted by atomic mass is 31.2. The number of hydrogen-bond donors (Lipinski definition) is 1. The first-order valence-electron chi connectivity index (χ1n) is 15.7. The molecule has 0 fully saturated rings. The van der Waals surface area contributed by atoms with Crippen LogP contribution in [0.5, 0.6) is 0 Å². The third-order valence-corrected chi connectivity index (χ3v) is 9.42. The van der Waals surface area contributed by atoms with Gasteiger partial charge in [0, 0.05) is 20.1 Å². The van der Waals surface area contributed by atoms with Gasteiger partial charge in [-0.15, -0.1) is 0 Å². The Morgan fingerprint density at radius 3 is 1.71 bits per heavy atom. The number of nitrogens with zero attached hydrogens (tertiary/aromatic N) is 1. The van der Waals surface area contributed by atoms with Gasteiger partial charge in [-0.05, 0) is 38.5 Å². The SMILES string of the molecule is CCCCCCCCC/C=C\CCCCCCCCCOC[C@H](COP(=O)(O)C(CCC)[N+](C)(C)C)OC. The first-order chi connectivity index (χ1) is 18.2. The van der Waals surface area contributed by atoms with E-state index in [1.807, 2.05) is 28.1 Å². The van der Waals surface area contributed by atoms with Gasteiger partial charge in [-0.25, -0.2) is 0 Å². The molecule has 228 valence electrons. The van der Waals surface area contributed by atoms with Crippen LogP contribution in [-0.2, 0) is 18.6 Å². The zero-order valence-corrected chi connectivity index (χ0v) is 27.0. The van der Waals surface area contributed by atoms with Crippen molar-refractivity contribution in [2.24, 2.45) is 0 Å². The van der Waals surface area contributed by atoms with Gasteiger partial charge < -0.3 is 23.4 Å². The van der Waals surface area contributed by atoms with E-state index in [1.54, 1.807) is 7.11 Å². The van der Waals surface area contributed by atoms with Gasteiger partial charge in [-0.3, -0.25) is 4.57 Å².